The second kappa shape index (κ2) is 5.87. The van der Waals surface area contributed by atoms with Gasteiger partial charge in [0.2, 0.25) is 0 Å². The van der Waals surface area contributed by atoms with E-state index in [1.54, 1.807) is 0 Å². The fourth-order valence-corrected chi connectivity index (χ4v) is 4.08. The van der Waals surface area contributed by atoms with Gasteiger partial charge in [0, 0.05) is 0 Å². The predicted octanol–water partition coefficient (Wildman–Crippen LogP) is 7.22. The third-order valence-corrected chi connectivity index (χ3v) is 5.43. The molecule has 0 unspecified atom stereocenters. The molecular formula is C25H32. The van der Waals surface area contributed by atoms with Gasteiger partial charge in [-0.2, -0.15) is 0 Å². The lowest BCUT2D eigenvalue weighted by atomic mass is 9.78. The number of hydrogen-bond donors (Lipinski definition) is 0. The summed E-state index contributed by atoms with van der Waals surface area (Å²) in [7, 11) is 0. The Morgan fingerprint density at radius 2 is 1.40 bits per heavy atom. The van der Waals surface area contributed by atoms with Gasteiger partial charge >= 0.3 is 0 Å². The molecule has 0 radical (unpaired) electrons. The van der Waals surface area contributed by atoms with Gasteiger partial charge in [-0.3, -0.25) is 0 Å². The van der Waals surface area contributed by atoms with Crippen LogP contribution in [0.4, 0.5) is 0 Å². The average molecular weight is 333 g/mol. The first-order valence-corrected chi connectivity index (χ1v) is 9.43. The highest BCUT2D eigenvalue weighted by Crippen LogP contribution is 2.41. The van der Waals surface area contributed by atoms with Crippen LogP contribution >= 0.6 is 0 Å². The summed E-state index contributed by atoms with van der Waals surface area (Å²) in [6.45, 7) is 18.3. The maximum atomic E-state index is 2.42. The third kappa shape index (κ3) is 3.32. The SMILES string of the molecule is CC1=Cc2cc(C(C)(C)C)c(C)c(-c3ccc(C(C)(C)C)cc3)c2C1. The zero-order chi connectivity index (χ0) is 18.6. The minimum atomic E-state index is 0.156. The Hall–Kier alpha value is -1.82. The number of hydrogen-bond acceptors (Lipinski definition) is 0. The van der Waals surface area contributed by atoms with Crippen molar-refractivity contribution in [1.82, 2.24) is 0 Å². The molecule has 1 aliphatic carbocycles. The van der Waals surface area contributed by atoms with Crippen molar-refractivity contribution in [1.29, 1.82) is 0 Å². The Kier molecular flexibility index (Phi) is 4.22. The molecule has 0 aliphatic heterocycles. The second-order valence-corrected chi connectivity index (χ2v) is 9.74. The van der Waals surface area contributed by atoms with E-state index >= 15 is 0 Å². The summed E-state index contributed by atoms with van der Waals surface area (Å²) >= 11 is 0. The number of benzene rings is 2. The highest BCUT2D eigenvalue weighted by atomic mass is 14.3. The van der Waals surface area contributed by atoms with Crippen molar-refractivity contribution in [2.24, 2.45) is 0 Å². The Morgan fingerprint density at radius 1 is 0.800 bits per heavy atom. The second-order valence-electron chi connectivity index (χ2n) is 9.74. The highest BCUT2D eigenvalue weighted by Gasteiger charge is 2.25. The van der Waals surface area contributed by atoms with Gasteiger partial charge in [0.25, 0.3) is 0 Å². The fraction of sp³-hybridized carbons (Fsp3) is 0.440. The van der Waals surface area contributed by atoms with Gasteiger partial charge in [0.1, 0.15) is 0 Å². The summed E-state index contributed by atoms with van der Waals surface area (Å²) in [6, 6.07) is 11.7. The molecule has 0 bridgehead atoms. The van der Waals surface area contributed by atoms with Gasteiger partial charge in [-0.1, -0.05) is 83.5 Å². The van der Waals surface area contributed by atoms with Crippen LogP contribution in [0.1, 0.15) is 76.3 Å². The Balaban J connectivity index is 2.22. The summed E-state index contributed by atoms with van der Waals surface area (Å²) in [6.07, 6.45) is 3.45. The van der Waals surface area contributed by atoms with E-state index in [2.05, 4.69) is 91.8 Å². The van der Waals surface area contributed by atoms with Crippen LogP contribution in [0.5, 0.6) is 0 Å². The van der Waals surface area contributed by atoms with E-state index in [0.717, 1.165) is 6.42 Å². The fourth-order valence-electron chi connectivity index (χ4n) is 4.08. The zero-order valence-corrected chi connectivity index (χ0v) is 17.2. The Labute approximate surface area is 154 Å². The van der Waals surface area contributed by atoms with Crippen molar-refractivity contribution in [3.05, 3.63) is 63.7 Å². The van der Waals surface area contributed by atoms with Crippen molar-refractivity contribution >= 4 is 6.08 Å². The summed E-state index contributed by atoms with van der Waals surface area (Å²) < 4.78 is 0. The van der Waals surface area contributed by atoms with Gasteiger partial charge in [-0.25, -0.2) is 0 Å². The van der Waals surface area contributed by atoms with Crippen LogP contribution < -0.4 is 0 Å². The summed E-state index contributed by atoms with van der Waals surface area (Å²) in [5.41, 5.74) is 11.9. The van der Waals surface area contributed by atoms with Crippen LogP contribution in [0.15, 0.2) is 35.9 Å². The molecule has 0 atom stereocenters. The van der Waals surface area contributed by atoms with E-state index < -0.39 is 0 Å². The summed E-state index contributed by atoms with van der Waals surface area (Å²) in [5, 5.41) is 0. The van der Waals surface area contributed by atoms with Gasteiger partial charge in [0.05, 0.1) is 0 Å². The quantitative estimate of drug-likeness (QED) is 0.517. The molecule has 0 spiro atoms. The number of allylic oxidation sites excluding steroid dienone is 1. The van der Waals surface area contributed by atoms with Gasteiger partial charge < -0.3 is 0 Å². The smallest absolute Gasteiger partial charge is 0.00543 e. The van der Waals surface area contributed by atoms with Crippen LogP contribution in [0.25, 0.3) is 17.2 Å². The van der Waals surface area contributed by atoms with Crippen LogP contribution in [0.2, 0.25) is 0 Å². The van der Waals surface area contributed by atoms with Crippen molar-refractivity contribution in [2.75, 3.05) is 0 Å². The van der Waals surface area contributed by atoms with E-state index in [-0.39, 0.29) is 10.8 Å². The monoisotopic (exact) mass is 332 g/mol. The molecule has 0 fully saturated rings. The summed E-state index contributed by atoms with van der Waals surface area (Å²) in [5.74, 6) is 0. The van der Waals surface area contributed by atoms with E-state index in [0.29, 0.717) is 0 Å². The largest absolute Gasteiger partial charge is 0.0683 e. The molecule has 0 saturated heterocycles. The van der Waals surface area contributed by atoms with Crippen molar-refractivity contribution in [2.45, 2.75) is 72.6 Å². The molecule has 2 aromatic rings. The molecular weight excluding hydrogens is 300 g/mol. The molecule has 0 aromatic heterocycles. The first kappa shape index (κ1) is 18.0. The molecule has 0 N–H and O–H groups in total. The van der Waals surface area contributed by atoms with Crippen molar-refractivity contribution in [3.63, 3.8) is 0 Å². The van der Waals surface area contributed by atoms with Gasteiger partial charge in [-0.05, 0) is 70.0 Å². The third-order valence-electron chi connectivity index (χ3n) is 5.43. The minimum Gasteiger partial charge on any atom is -0.0683 e. The molecule has 0 heteroatoms. The highest BCUT2D eigenvalue weighted by molar-refractivity contribution is 5.81. The van der Waals surface area contributed by atoms with E-state index in [1.807, 2.05) is 0 Å². The van der Waals surface area contributed by atoms with Crippen LogP contribution in [-0.2, 0) is 17.3 Å². The topological polar surface area (TPSA) is 0 Å². The molecule has 132 valence electrons. The predicted molar refractivity (Wildman–Crippen MR) is 111 cm³/mol. The first-order valence-electron chi connectivity index (χ1n) is 9.43. The van der Waals surface area contributed by atoms with Crippen LogP contribution in [0, 0.1) is 6.92 Å². The zero-order valence-electron chi connectivity index (χ0n) is 17.2. The van der Waals surface area contributed by atoms with Crippen LogP contribution in [-0.4, -0.2) is 0 Å². The Bertz CT molecular complexity index is 832. The lowest BCUT2D eigenvalue weighted by molar-refractivity contribution is 0.586. The molecule has 1 aliphatic rings. The lowest BCUT2D eigenvalue weighted by Gasteiger charge is -2.26. The van der Waals surface area contributed by atoms with Crippen LogP contribution in [0.3, 0.4) is 0 Å². The van der Waals surface area contributed by atoms with Crippen molar-refractivity contribution in [3.8, 4) is 11.1 Å². The van der Waals surface area contributed by atoms with Crippen molar-refractivity contribution < 1.29 is 0 Å². The molecule has 0 heterocycles. The molecule has 25 heavy (non-hydrogen) atoms. The molecule has 3 rings (SSSR count). The standard InChI is InChI=1S/C25H32/c1-16-13-19-15-22(25(6,7)8)17(2)23(21(19)14-16)18-9-11-20(12-10-18)24(3,4)5/h9-13,15H,14H2,1-8H3. The van der Waals surface area contributed by atoms with E-state index in [4.69, 9.17) is 0 Å². The maximum absolute atomic E-state index is 2.42. The minimum absolute atomic E-state index is 0.156. The summed E-state index contributed by atoms with van der Waals surface area (Å²) in [4.78, 5) is 0. The number of fused-ring (bicyclic) bond motifs is 1. The molecule has 0 saturated carbocycles. The Morgan fingerprint density at radius 3 is 1.92 bits per heavy atom. The average Bonchev–Trinajstić information content (AvgIpc) is 2.84. The van der Waals surface area contributed by atoms with Gasteiger partial charge in [0.15, 0.2) is 0 Å². The molecule has 0 nitrogen and oxygen atoms in total. The van der Waals surface area contributed by atoms with Gasteiger partial charge in [-0.15, -0.1) is 0 Å². The molecule has 2 aromatic carbocycles. The maximum Gasteiger partial charge on any atom is -0.00543 e. The normalized spacial score (nSPS) is 14.5. The lowest BCUT2D eigenvalue weighted by Crippen LogP contribution is -2.15. The van der Waals surface area contributed by atoms with E-state index in [1.165, 1.54) is 44.5 Å². The molecule has 0 amide bonds. The number of rotatable bonds is 1. The first-order chi connectivity index (χ1) is 11.5. The van der Waals surface area contributed by atoms with E-state index in [9.17, 15) is 0 Å².